The Balaban J connectivity index is 2.29. The number of carboxylic acid groups (broad SMARTS) is 1. The third kappa shape index (κ3) is 3.95. The Morgan fingerprint density at radius 1 is 1.26 bits per heavy atom. The number of furan rings is 1. The normalized spacial score (nSPS) is 12.9. The molecule has 4 heteroatoms. The van der Waals surface area contributed by atoms with Crippen LogP contribution < -0.4 is 4.74 Å². The van der Waals surface area contributed by atoms with Crippen LogP contribution in [0.1, 0.15) is 68.2 Å². The standard InChI is InChI=1S/C19H24O4/c1-6-13-7-8-16(14(11-13)19(3,4)5)22-12(2)15-9-10-17(23-15)18(20)21/h7-12H,6H2,1-5H3,(H,20,21). The van der Waals surface area contributed by atoms with Gasteiger partial charge in [-0.05, 0) is 48.1 Å². The zero-order valence-corrected chi connectivity index (χ0v) is 14.3. The van der Waals surface area contributed by atoms with Crippen LogP contribution in [-0.4, -0.2) is 11.1 Å². The van der Waals surface area contributed by atoms with Gasteiger partial charge in [-0.1, -0.05) is 39.8 Å². The van der Waals surface area contributed by atoms with E-state index in [1.807, 2.05) is 13.0 Å². The Hall–Kier alpha value is -2.23. The van der Waals surface area contributed by atoms with Crippen molar-refractivity contribution in [1.29, 1.82) is 0 Å². The molecule has 23 heavy (non-hydrogen) atoms. The summed E-state index contributed by atoms with van der Waals surface area (Å²) in [6.45, 7) is 10.4. The second-order valence-electron chi connectivity index (χ2n) is 6.70. The first kappa shape index (κ1) is 17.1. The maximum atomic E-state index is 10.9. The molecule has 0 saturated carbocycles. The SMILES string of the molecule is CCc1ccc(OC(C)c2ccc(C(=O)O)o2)c(C(C)(C)C)c1. The molecule has 0 aliphatic rings. The zero-order valence-electron chi connectivity index (χ0n) is 14.3. The number of rotatable bonds is 5. The first-order valence-corrected chi connectivity index (χ1v) is 7.85. The molecule has 2 rings (SSSR count). The van der Waals surface area contributed by atoms with Crippen molar-refractivity contribution < 1.29 is 19.1 Å². The highest BCUT2D eigenvalue weighted by molar-refractivity contribution is 5.84. The molecule has 0 aliphatic carbocycles. The molecule has 1 N–H and O–H groups in total. The highest BCUT2D eigenvalue weighted by Gasteiger charge is 2.22. The Morgan fingerprint density at radius 3 is 2.48 bits per heavy atom. The molecule has 2 aromatic rings. The van der Waals surface area contributed by atoms with Gasteiger partial charge in [0.2, 0.25) is 5.76 Å². The largest absolute Gasteiger partial charge is 0.482 e. The van der Waals surface area contributed by atoms with Crippen LogP contribution in [-0.2, 0) is 11.8 Å². The van der Waals surface area contributed by atoms with Gasteiger partial charge in [0.1, 0.15) is 11.5 Å². The lowest BCUT2D eigenvalue weighted by molar-refractivity contribution is 0.0655. The molecular weight excluding hydrogens is 292 g/mol. The van der Waals surface area contributed by atoms with Gasteiger partial charge in [0, 0.05) is 0 Å². The fourth-order valence-electron chi connectivity index (χ4n) is 2.42. The molecule has 0 spiro atoms. The minimum Gasteiger partial charge on any atom is -0.482 e. The zero-order chi connectivity index (χ0) is 17.2. The Morgan fingerprint density at radius 2 is 1.96 bits per heavy atom. The maximum absolute atomic E-state index is 10.9. The minimum atomic E-state index is -1.08. The van der Waals surface area contributed by atoms with E-state index in [1.165, 1.54) is 11.6 Å². The molecule has 0 amide bonds. The first-order valence-electron chi connectivity index (χ1n) is 7.85. The van der Waals surface area contributed by atoms with Gasteiger partial charge < -0.3 is 14.3 Å². The number of benzene rings is 1. The summed E-state index contributed by atoms with van der Waals surface area (Å²) >= 11 is 0. The third-order valence-electron chi connectivity index (χ3n) is 3.80. The van der Waals surface area contributed by atoms with E-state index in [-0.39, 0.29) is 17.3 Å². The lowest BCUT2D eigenvalue weighted by Crippen LogP contribution is -2.15. The molecule has 0 radical (unpaired) electrons. The molecule has 124 valence electrons. The fraction of sp³-hybridized carbons (Fsp3) is 0.421. The fourth-order valence-corrected chi connectivity index (χ4v) is 2.42. The smallest absolute Gasteiger partial charge is 0.371 e. The number of aryl methyl sites for hydroxylation is 1. The van der Waals surface area contributed by atoms with Crippen molar-refractivity contribution >= 4 is 5.97 Å². The molecule has 0 fully saturated rings. The van der Waals surface area contributed by atoms with Crippen LogP contribution in [0.2, 0.25) is 0 Å². The molecule has 4 nitrogen and oxygen atoms in total. The third-order valence-corrected chi connectivity index (χ3v) is 3.80. The van der Waals surface area contributed by atoms with Crippen LogP contribution in [0, 0.1) is 0 Å². The monoisotopic (exact) mass is 316 g/mol. The summed E-state index contributed by atoms with van der Waals surface area (Å²) in [7, 11) is 0. The number of carboxylic acids is 1. The summed E-state index contributed by atoms with van der Waals surface area (Å²) in [6.07, 6.45) is 0.607. The number of carbonyl (C=O) groups is 1. The van der Waals surface area contributed by atoms with Gasteiger partial charge in [0.15, 0.2) is 6.10 Å². The van der Waals surface area contributed by atoms with E-state index in [9.17, 15) is 4.79 Å². The van der Waals surface area contributed by atoms with Crippen molar-refractivity contribution in [1.82, 2.24) is 0 Å². The Labute approximate surface area is 137 Å². The second-order valence-corrected chi connectivity index (χ2v) is 6.70. The van der Waals surface area contributed by atoms with Gasteiger partial charge in [-0.25, -0.2) is 4.79 Å². The van der Waals surface area contributed by atoms with E-state index in [0.29, 0.717) is 5.76 Å². The summed E-state index contributed by atoms with van der Waals surface area (Å²) < 4.78 is 11.4. The maximum Gasteiger partial charge on any atom is 0.371 e. The van der Waals surface area contributed by atoms with Gasteiger partial charge in [-0.15, -0.1) is 0 Å². The van der Waals surface area contributed by atoms with Crippen molar-refractivity contribution in [2.45, 2.75) is 52.6 Å². The van der Waals surface area contributed by atoms with Crippen LogP contribution in [0.5, 0.6) is 5.75 Å². The summed E-state index contributed by atoms with van der Waals surface area (Å²) in [5.74, 6) is 0.149. The van der Waals surface area contributed by atoms with E-state index in [0.717, 1.165) is 17.7 Å². The van der Waals surface area contributed by atoms with Crippen LogP contribution in [0.25, 0.3) is 0 Å². The average Bonchev–Trinajstić information content (AvgIpc) is 2.96. The van der Waals surface area contributed by atoms with Gasteiger partial charge in [0.05, 0.1) is 0 Å². The van der Waals surface area contributed by atoms with E-state index in [1.54, 1.807) is 6.07 Å². The van der Waals surface area contributed by atoms with Crippen LogP contribution >= 0.6 is 0 Å². The Bertz CT molecular complexity index is 692. The molecule has 1 aromatic heterocycles. The second kappa shape index (κ2) is 6.49. The van der Waals surface area contributed by atoms with Crippen molar-refractivity contribution in [2.24, 2.45) is 0 Å². The van der Waals surface area contributed by atoms with E-state index >= 15 is 0 Å². The summed E-state index contributed by atoms with van der Waals surface area (Å²) in [5, 5.41) is 8.94. The summed E-state index contributed by atoms with van der Waals surface area (Å²) in [6, 6.07) is 9.31. The van der Waals surface area contributed by atoms with Crippen LogP contribution in [0.4, 0.5) is 0 Å². The average molecular weight is 316 g/mol. The van der Waals surface area contributed by atoms with Crippen molar-refractivity contribution in [2.75, 3.05) is 0 Å². The molecule has 1 aromatic carbocycles. The van der Waals surface area contributed by atoms with Gasteiger partial charge in [-0.2, -0.15) is 0 Å². The number of aromatic carboxylic acids is 1. The van der Waals surface area contributed by atoms with E-state index < -0.39 is 5.97 Å². The molecule has 0 saturated heterocycles. The topological polar surface area (TPSA) is 59.7 Å². The molecular formula is C19H24O4. The highest BCUT2D eigenvalue weighted by Crippen LogP contribution is 2.35. The van der Waals surface area contributed by atoms with Gasteiger partial charge in [0.25, 0.3) is 0 Å². The number of hydrogen-bond acceptors (Lipinski definition) is 3. The molecule has 1 heterocycles. The number of hydrogen-bond donors (Lipinski definition) is 1. The summed E-state index contributed by atoms with van der Waals surface area (Å²) in [4.78, 5) is 10.9. The lowest BCUT2D eigenvalue weighted by Gasteiger charge is -2.25. The van der Waals surface area contributed by atoms with Gasteiger partial charge in [-0.3, -0.25) is 0 Å². The molecule has 0 aliphatic heterocycles. The summed E-state index contributed by atoms with van der Waals surface area (Å²) in [5.41, 5.74) is 2.35. The highest BCUT2D eigenvalue weighted by atomic mass is 16.5. The molecule has 1 atom stereocenters. The van der Waals surface area contributed by atoms with E-state index in [2.05, 4.69) is 39.8 Å². The number of ether oxygens (including phenoxy) is 1. The predicted molar refractivity (Wildman–Crippen MR) is 89.2 cm³/mol. The lowest BCUT2D eigenvalue weighted by atomic mass is 9.85. The first-order chi connectivity index (χ1) is 10.7. The van der Waals surface area contributed by atoms with Crippen molar-refractivity contribution in [3.63, 3.8) is 0 Å². The van der Waals surface area contributed by atoms with Crippen molar-refractivity contribution in [3.05, 3.63) is 53.0 Å². The van der Waals surface area contributed by atoms with Crippen LogP contribution in [0.3, 0.4) is 0 Å². The molecule has 0 bridgehead atoms. The van der Waals surface area contributed by atoms with Crippen molar-refractivity contribution in [3.8, 4) is 5.75 Å². The minimum absolute atomic E-state index is 0.0460. The van der Waals surface area contributed by atoms with Crippen LogP contribution in [0.15, 0.2) is 34.7 Å². The molecule has 1 unspecified atom stereocenters. The van der Waals surface area contributed by atoms with Gasteiger partial charge >= 0.3 is 5.97 Å². The van der Waals surface area contributed by atoms with E-state index in [4.69, 9.17) is 14.3 Å². The predicted octanol–water partition coefficient (Wildman–Crippen LogP) is 4.98. The quantitative estimate of drug-likeness (QED) is 0.845. The Kier molecular flexibility index (Phi) is 4.83.